The molecule has 1 aromatic carbocycles. The second-order valence-corrected chi connectivity index (χ2v) is 5.62. The monoisotopic (exact) mass is 318 g/mol. The van der Waals surface area contributed by atoms with Gasteiger partial charge in [0.05, 0.1) is 7.11 Å². The lowest BCUT2D eigenvalue weighted by Gasteiger charge is -2.20. The highest BCUT2D eigenvalue weighted by Gasteiger charge is 2.26. The van der Waals surface area contributed by atoms with Gasteiger partial charge in [0.2, 0.25) is 5.91 Å². The van der Waals surface area contributed by atoms with Crippen molar-refractivity contribution in [2.45, 2.75) is 38.8 Å². The van der Waals surface area contributed by atoms with E-state index in [1.807, 2.05) is 44.2 Å². The van der Waals surface area contributed by atoms with Crippen molar-refractivity contribution >= 4 is 11.9 Å². The van der Waals surface area contributed by atoms with E-state index in [2.05, 4.69) is 15.3 Å². The van der Waals surface area contributed by atoms with Crippen LogP contribution in [0.1, 0.15) is 25.8 Å². The number of hydrogen-bond donors (Lipinski definition) is 1. The maximum atomic E-state index is 12.3. The molecule has 7 heteroatoms. The van der Waals surface area contributed by atoms with E-state index in [9.17, 15) is 9.59 Å². The molecule has 0 fully saturated rings. The number of rotatable bonds is 8. The molecule has 1 aromatic rings. The van der Waals surface area contributed by atoms with Crippen molar-refractivity contribution in [1.82, 2.24) is 5.32 Å². The maximum Gasteiger partial charge on any atom is 0.328 e. The minimum Gasteiger partial charge on any atom is -0.467 e. The summed E-state index contributed by atoms with van der Waals surface area (Å²) in [7, 11) is 1.27. The minimum atomic E-state index is -0.845. The van der Waals surface area contributed by atoms with Crippen LogP contribution in [0, 0.1) is 5.92 Å². The van der Waals surface area contributed by atoms with E-state index in [0.29, 0.717) is 12.8 Å². The van der Waals surface area contributed by atoms with Crippen LogP contribution in [0.3, 0.4) is 0 Å². The van der Waals surface area contributed by atoms with Crippen molar-refractivity contribution in [3.63, 3.8) is 0 Å². The van der Waals surface area contributed by atoms with Crippen LogP contribution in [-0.2, 0) is 20.7 Å². The average molecular weight is 318 g/mol. The van der Waals surface area contributed by atoms with Gasteiger partial charge >= 0.3 is 5.97 Å². The van der Waals surface area contributed by atoms with Gasteiger partial charge in [0.1, 0.15) is 12.1 Å². The lowest BCUT2D eigenvalue weighted by Crippen LogP contribution is -2.46. The summed E-state index contributed by atoms with van der Waals surface area (Å²) in [5, 5.41) is 6.15. The molecule has 1 amide bonds. The number of ether oxygens (including phenoxy) is 1. The van der Waals surface area contributed by atoms with Gasteiger partial charge in [0.15, 0.2) is 0 Å². The SMILES string of the molecule is COC(=O)[C@H](Cc1ccccc1)NC(=O)[C@H](CC(C)C)N=[N+]=[N-]. The first-order valence-corrected chi connectivity index (χ1v) is 7.44. The number of amides is 1. The molecule has 23 heavy (non-hydrogen) atoms. The Kier molecular flexibility index (Phi) is 7.63. The number of nitrogens with one attached hydrogen (secondary N) is 1. The first-order chi connectivity index (χ1) is 11.0. The van der Waals surface area contributed by atoms with Crippen LogP contribution in [0.15, 0.2) is 35.4 Å². The Morgan fingerprint density at radius 1 is 1.30 bits per heavy atom. The molecule has 1 N–H and O–H groups in total. The zero-order valence-electron chi connectivity index (χ0n) is 13.6. The highest BCUT2D eigenvalue weighted by atomic mass is 16.5. The fourth-order valence-electron chi connectivity index (χ4n) is 2.17. The lowest BCUT2D eigenvalue weighted by molar-refractivity contribution is -0.145. The van der Waals surface area contributed by atoms with Crippen LogP contribution in [-0.4, -0.2) is 31.1 Å². The normalized spacial score (nSPS) is 12.9. The van der Waals surface area contributed by atoms with Crippen molar-refractivity contribution in [3.05, 3.63) is 46.3 Å². The summed E-state index contributed by atoms with van der Waals surface area (Å²) in [6.07, 6.45) is 0.721. The van der Waals surface area contributed by atoms with Crippen molar-refractivity contribution in [1.29, 1.82) is 0 Å². The Bertz CT molecular complexity index is 568. The van der Waals surface area contributed by atoms with E-state index >= 15 is 0 Å². The number of carbonyl (C=O) groups excluding carboxylic acids is 2. The smallest absolute Gasteiger partial charge is 0.328 e. The highest BCUT2D eigenvalue weighted by Crippen LogP contribution is 2.10. The van der Waals surface area contributed by atoms with E-state index in [0.717, 1.165) is 5.56 Å². The standard InChI is InChI=1S/C16H22N4O3/c1-11(2)9-13(19-20-17)15(21)18-14(16(22)23-3)10-12-7-5-4-6-8-12/h4-8,11,13-14H,9-10H2,1-3H3,(H,18,21)/t13-,14-/m0/s1. The Labute approximate surface area is 135 Å². The third kappa shape index (κ3) is 6.40. The summed E-state index contributed by atoms with van der Waals surface area (Å²) >= 11 is 0. The van der Waals surface area contributed by atoms with Crippen LogP contribution in [0.25, 0.3) is 10.4 Å². The van der Waals surface area contributed by atoms with Crippen LogP contribution >= 0.6 is 0 Å². The molecule has 0 aliphatic carbocycles. The van der Waals surface area contributed by atoms with Crippen molar-refractivity contribution in [3.8, 4) is 0 Å². The van der Waals surface area contributed by atoms with E-state index < -0.39 is 24.0 Å². The summed E-state index contributed by atoms with van der Waals surface area (Å²) in [6, 6.07) is 7.64. The summed E-state index contributed by atoms with van der Waals surface area (Å²) in [5.41, 5.74) is 9.51. The van der Waals surface area contributed by atoms with Gasteiger partial charge < -0.3 is 10.1 Å². The molecule has 0 saturated carbocycles. The van der Waals surface area contributed by atoms with E-state index in [1.165, 1.54) is 7.11 Å². The molecule has 1 rings (SSSR count). The van der Waals surface area contributed by atoms with Gasteiger partial charge in [-0.05, 0) is 23.4 Å². The molecule has 0 spiro atoms. The number of hydrogen-bond acceptors (Lipinski definition) is 4. The van der Waals surface area contributed by atoms with Crippen LogP contribution < -0.4 is 5.32 Å². The van der Waals surface area contributed by atoms with Gasteiger partial charge in [0.25, 0.3) is 0 Å². The predicted molar refractivity (Wildman–Crippen MR) is 86.5 cm³/mol. The first-order valence-electron chi connectivity index (χ1n) is 7.44. The average Bonchev–Trinajstić information content (AvgIpc) is 2.53. The largest absolute Gasteiger partial charge is 0.467 e. The van der Waals surface area contributed by atoms with E-state index in [1.54, 1.807) is 0 Å². The van der Waals surface area contributed by atoms with Crippen LogP contribution in [0.2, 0.25) is 0 Å². The highest BCUT2D eigenvalue weighted by molar-refractivity contribution is 5.87. The van der Waals surface area contributed by atoms with Gasteiger partial charge in [0, 0.05) is 11.3 Å². The number of nitrogens with zero attached hydrogens (tertiary/aromatic N) is 3. The number of esters is 1. The fourth-order valence-corrected chi connectivity index (χ4v) is 2.17. The van der Waals surface area contributed by atoms with Crippen molar-refractivity contribution < 1.29 is 14.3 Å². The fraction of sp³-hybridized carbons (Fsp3) is 0.500. The molecular formula is C16H22N4O3. The molecule has 2 atom stereocenters. The second kappa shape index (κ2) is 9.48. The van der Waals surface area contributed by atoms with Gasteiger partial charge in [-0.15, -0.1) is 0 Å². The topological polar surface area (TPSA) is 104 Å². The Hall–Kier alpha value is -2.53. The first kappa shape index (κ1) is 18.5. The summed E-state index contributed by atoms with van der Waals surface area (Å²) in [6.45, 7) is 3.85. The molecular weight excluding hydrogens is 296 g/mol. The van der Waals surface area contributed by atoms with Crippen LogP contribution in [0.4, 0.5) is 0 Å². The van der Waals surface area contributed by atoms with E-state index in [4.69, 9.17) is 10.3 Å². The van der Waals surface area contributed by atoms with Crippen molar-refractivity contribution in [2.24, 2.45) is 11.0 Å². The Morgan fingerprint density at radius 2 is 1.96 bits per heavy atom. The number of carbonyl (C=O) groups is 2. The number of benzene rings is 1. The molecule has 0 bridgehead atoms. The zero-order valence-corrected chi connectivity index (χ0v) is 13.6. The number of azide groups is 1. The third-order valence-corrected chi connectivity index (χ3v) is 3.27. The third-order valence-electron chi connectivity index (χ3n) is 3.27. The van der Waals surface area contributed by atoms with Crippen LogP contribution in [0.5, 0.6) is 0 Å². The molecule has 0 unspecified atom stereocenters. The second-order valence-electron chi connectivity index (χ2n) is 5.62. The van der Waals surface area contributed by atoms with Gasteiger partial charge in [-0.25, -0.2) is 4.79 Å². The molecule has 0 aliphatic rings. The lowest BCUT2D eigenvalue weighted by atomic mass is 10.0. The molecule has 124 valence electrons. The quantitative estimate of drug-likeness (QED) is 0.345. The molecule has 0 heterocycles. The Balaban J connectivity index is 2.84. The maximum absolute atomic E-state index is 12.3. The molecule has 0 aromatic heterocycles. The summed E-state index contributed by atoms with van der Waals surface area (Å²) in [4.78, 5) is 26.9. The minimum absolute atomic E-state index is 0.182. The summed E-state index contributed by atoms with van der Waals surface area (Å²) < 4.78 is 4.75. The van der Waals surface area contributed by atoms with E-state index in [-0.39, 0.29) is 5.92 Å². The molecule has 0 saturated heterocycles. The molecule has 7 nitrogen and oxygen atoms in total. The van der Waals surface area contributed by atoms with Gasteiger partial charge in [-0.3, -0.25) is 4.79 Å². The predicted octanol–water partition coefficient (Wildman–Crippen LogP) is 2.61. The number of methoxy groups -OCH3 is 1. The Morgan fingerprint density at radius 3 is 2.48 bits per heavy atom. The summed E-state index contributed by atoms with van der Waals surface area (Å²) in [5.74, 6) is -0.823. The molecule has 0 radical (unpaired) electrons. The van der Waals surface area contributed by atoms with Gasteiger partial charge in [-0.2, -0.15) is 0 Å². The zero-order chi connectivity index (χ0) is 17.2. The van der Waals surface area contributed by atoms with Gasteiger partial charge in [-0.1, -0.05) is 49.3 Å². The molecule has 0 aliphatic heterocycles. The van der Waals surface area contributed by atoms with Crippen molar-refractivity contribution in [2.75, 3.05) is 7.11 Å².